The predicted octanol–water partition coefficient (Wildman–Crippen LogP) is 3.05. The minimum atomic E-state index is -0.473. The highest BCUT2D eigenvalue weighted by Crippen LogP contribution is 2.29. The summed E-state index contributed by atoms with van der Waals surface area (Å²) >= 11 is 0. The van der Waals surface area contributed by atoms with Crippen molar-refractivity contribution in [3.8, 4) is 11.5 Å². The molecule has 3 rings (SSSR count). The van der Waals surface area contributed by atoms with Crippen LogP contribution < -0.4 is 9.47 Å². The Morgan fingerprint density at radius 1 is 1.00 bits per heavy atom. The van der Waals surface area contributed by atoms with Gasteiger partial charge in [-0.2, -0.15) is 0 Å². The molecule has 0 bridgehead atoms. The van der Waals surface area contributed by atoms with Crippen molar-refractivity contribution in [2.24, 2.45) is 4.99 Å². The molecule has 2 aromatic rings. The molecule has 5 heteroatoms. The maximum atomic E-state index is 12.0. The number of rotatable bonds is 4. The molecule has 1 aliphatic rings. The van der Waals surface area contributed by atoms with E-state index in [0.29, 0.717) is 17.1 Å². The van der Waals surface area contributed by atoms with Crippen molar-refractivity contribution in [3.63, 3.8) is 0 Å². The molecule has 1 heterocycles. The second-order valence-corrected chi connectivity index (χ2v) is 4.82. The van der Waals surface area contributed by atoms with Gasteiger partial charge >= 0.3 is 5.97 Å². The molecule has 0 saturated carbocycles. The van der Waals surface area contributed by atoms with Gasteiger partial charge in [-0.05, 0) is 29.8 Å². The molecule has 116 valence electrons. The summed E-state index contributed by atoms with van der Waals surface area (Å²) in [6.45, 7) is 0. The van der Waals surface area contributed by atoms with Crippen LogP contribution >= 0.6 is 0 Å². The summed E-state index contributed by atoms with van der Waals surface area (Å²) in [4.78, 5) is 16.3. The van der Waals surface area contributed by atoms with E-state index in [2.05, 4.69) is 4.99 Å². The van der Waals surface area contributed by atoms with Gasteiger partial charge in [0.2, 0.25) is 5.90 Å². The van der Waals surface area contributed by atoms with E-state index in [1.54, 1.807) is 38.5 Å². The molecule has 0 aromatic heterocycles. The topological polar surface area (TPSA) is 57.1 Å². The van der Waals surface area contributed by atoms with E-state index < -0.39 is 5.97 Å². The van der Waals surface area contributed by atoms with Gasteiger partial charge in [-0.25, -0.2) is 9.79 Å². The molecule has 0 atom stereocenters. The predicted molar refractivity (Wildman–Crippen MR) is 86.6 cm³/mol. The molecule has 0 saturated heterocycles. The van der Waals surface area contributed by atoms with Crippen molar-refractivity contribution in [1.29, 1.82) is 0 Å². The van der Waals surface area contributed by atoms with Crippen LogP contribution in [0.4, 0.5) is 0 Å². The van der Waals surface area contributed by atoms with Crippen LogP contribution in [0.25, 0.3) is 6.08 Å². The van der Waals surface area contributed by atoms with E-state index in [1.165, 1.54) is 0 Å². The number of cyclic esters (lactones) is 1. The number of methoxy groups -OCH3 is 2. The van der Waals surface area contributed by atoms with Crippen LogP contribution in [0.3, 0.4) is 0 Å². The van der Waals surface area contributed by atoms with Gasteiger partial charge in [0.05, 0.1) is 14.2 Å². The minimum Gasteiger partial charge on any atom is -0.493 e. The third-order valence-corrected chi connectivity index (χ3v) is 3.35. The first-order chi connectivity index (χ1) is 11.2. The summed E-state index contributed by atoms with van der Waals surface area (Å²) in [6, 6.07) is 14.7. The Morgan fingerprint density at radius 2 is 1.74 bits per heavy atom. The lowest BCUT2D eigenvalue weighted by molar-refractivity contribution is -0.129. The summed E-state index contributed by atoms with van der Waals surface area (Å²) in [7, 11) is 3.11. The maximum Gasteiger partial charge on any atom is 0.363 e. The third-order valence-electron chi connectivity index (χ3n) is 3.35. The molecule has 0 spiro atoms. The quantitative estimate of drug-likeness (QED) is 0.643. The summed E-state index contributed by atoms with van der Waals surface area (Å²) in [5, 5.41) is 0. The van der Waals surface area contributed by atoms with Crippen molar-refractivity contribution in [2.75, 3.05) is 14.2 Å². The smallest absolute Gasteiger partial charge is 0.363 e. The van der Waals surface area contributed by atoms with E-state index in [-0.39, 0.29) is 11.6 Å². The van der Waals surface area contributed by atoms with Gasteiger partial charge in [-0.15, -0.1) is 0 Å². The standard InChI is InChI=1S/C18H15NO4/c1-21-15-9-8-13(11-16(15)22-2)17-19-14(18(20)23-17)10-12-6-4-3-5-7-12/h3-11H,1-2H3/b14-10-. The van der Waals surface area contributed by atoms with Gasteiger partial charge in [-0.3, -0.25) is 0 Å². The first-order valence-corrected chi connectivity index (χ1v) is 7.01. The fourth-order valence-corrected chi connectivity index (χ4v) is 2.21. The highest BCUT2D eigenvalue weighted by molar-refractivity contribution is 6.13. The maximum absolute atomic E-state index is 12.0. The molecule has 0 fully saturated rings. The van der Waals surface area contributed by atoms with Gasteiger partial charge < -0.3 is 14.2 Å². The number of aliphatic imine (C=N–C) groups is 1. The van der Waals surface area contributed by atoms with Crippen LogP contribution in [0, 0.1) is 0 Å². The third kappa shape index (κ3) is 3.08. The molecular weight excluding hydrogens is 294 g/mol. The average Bonchev–Trinajstić information content (AvgIpc) is 2.96. The van der Waals surface area contributed by atoms with E-state index in [0.717, 1.165) is 5.56 Å². The fourth-order valence-electron chi connectivity index (χ4n) is 2.21. The fraction of sp³-hybridized carbons (Fsp3) is 0.111. The van der Waals surface area contributed by atoms with E-state index in [9.17, 15) is 4.79 Å². The zero-order valence-electron chi connectivity index (χ0n) is 12.8. The van der Waals surface area contributed by atoms with Crippen LogP contribution in [-0.2, 0) is 9.53 Å². The average molecular weight is 309 g/mol. The Bertz CT molecular complexity index is 794. The molecule has 5 nitrogen and oxygen atoms in total. The Hall–Kier alpha value is -3.08. The van der Waals surface area contributed by atoms with Gasteiger partial charge in [0, 0.05) is 5.56 Å². The first-order valence-electron chi connectivity index (χ1n) is 7.01. The lowest BCUT2D eigenvalue weighted by atomic mass is 10.2. The number of ether oxygens (including phenoxy) is 3. The number of esters is 1. The summed E-state index contributed by atoms with van der Waals surface area (Å²) in [6.07, 6.45) is 1.69. The Balaban J connectivity index is 1.94. The lowest BCUT2D eigenvalue weighted by Crippen LogP contribution is -2.05. The molecule has 0 aliphatic carbocycles. The molecule has 23 heavy (non-hydrogen) atoms. The van der Waals surface area contributed by atoms with Crippen molar-refractivity contribution < 1.29 is 19.0 Å². The van der Waals surface area contributed by atoms with E-state index in [1.807, 2.05) is 30.3 Å². The monoisotopic (exact) mass is 309 g/mol. The molecule has 0 N–H and O–H groups in total. The molecule has 2 aromatic carbocycles. The van der Waals surface area contributed by atoms with Crippen molar-refractivity contribution in [3.05, 3.63) is 65.4 Å². The van der Waals surface area contributed by atoms with Crippen LogP contribution in [0.15, 0.2) is 59.2 Å². The van der Waals surface area contributed by atoms with Crippen molar-refractivity contribution in [2.45, 2.75) is 0 Å². The Labute approximate surface area is 133 Å². The number of carbonyl (C=O) groups excluding carboxylic acids is 1. The van der Waals surface area contributed by atoms with Crippen molar-refractivity contribution in [1.82, 2.24) is 0 Å². The number of hydrogen-bond acceptors (Lipinski definition) is 5. The molecule has 0 amide bonds. The SMILES string of the molecule is COc1ccc(C2=N/C(=C\c3ccccc3)C(=O)O2)cc1OC. The highest BCUT2D eigenvalue weighted by atomic mass is 16.6. The number of benzene rings is 2. The van der Waals surface area contributed by atoms with Gasteiger partial charge in [0.1, 0.15) is 0 Å². The van der Waals surface area contributed by atoms with Crippen molar-refractivity contribution >= 4 is 17.9 Å². The molecule has 0 unspecified atom stereocenters. The number of hydrogen-bond donors (Lipinski definition) is 0. The largest absolute Gasteiger partial charge is 0.493 e. The Morgan fingerprint density at radius 3 is 2.43 bits per heavy atom. The number of nitrogens with zero attached hydrogens (tertiary/aromatic N) is 1. The van der Waals surface area contributed by atoms with Crippen LogP contribution in [-0.4, -0.2) is 26.1 Å². The van der Waals surface area contributed by atoms with Crippen LogP contribution in [0.1, 0.15) is 11.1 Å². The Kier molecular flexibility index (Phi) is 4.10. The van der Waals surface area contributed by atoms with Crippen LogP contribution in [0.2, 0.25) is 0 Å². The van der Waals surface area contributed by atoms with Gasteiger partial charge in [0.15, 0.2) is 17.2 Å². The second-order valence-electron chi connectivity index (χ2n) is 4.82. The molecule has 0 radical (unpaired) electrons. The molecular formula is C18H15NO4. The molecule has 1 aliphatic heterocycles. The van der Waals surface area contributed by atoms with Gasteiger partial charge in [0.25, 0.3) is 0 Å². The van der Waals surface area contributed by atoms with E-state index in [4.69, 9.17) is 14.2 Å². The second kappa shape index (κ2) is 6.36. The first kappa shape index (κ1) is 14.8. The van der Waals surface area contributed by atoms with E-state index >= 15 is 0 Å². The highest BCUT2D eigenvalue weighted by Gasteiger charge is 2.24. The minimum absolute atomic E-state index is 0.248. The summed E-state index contributed by atoms with van der Waals surface area (Å²) < 4.78 is 15.7. The normalized spacial score (nSPS) is 15.3. The van der Waals surface area contributed by atoms with Crippen LogP contribution in [0.5, 0.6) is 11.5 Å². The lowest BCUT2D eigenvalue weighted by Gasteiger charge is -2.08. The summed E-state index contributed by atoms with van der Waals surface area (Å²) in [5.41, 5.74) is 1.80. The van der Waals surface area contributed by atoms with Gasteiger partial charge in [-0.1, -0.05) is 30.3 Å². The number of carbonyl (C=O) groups is 1. The zero-order valence-corrected chi connectivity index (χ0v) is 12.8. The summed E-state index contributed by atoms with van der Waals surface area (Å²) in [5.74, 6) is 0.919. The zero-order chi connectivity index (χ0) is 16.2.